The lowest BCUT2D eigenvalue weighted by Crippen LogP contribution is -2.11. The lowest BCUT2D eigenvalue weighted by molar-refractivity contribution is 1.28. The predicted molar refractivity (Wildman–Crippen MR) is 233 cm³/mol. The Kier molecular flexibility index (Phi) is 8.09. The normalized spacial score (nSPS) is 11.3. The van der Waals surface area contributed by atoms with Gasteiger partial charge in [-0.3, -0.25) is 0 Å². The van der Waals surface area contributed by atoms with Crippen molar-refractivity contribution >= 4 is 59.3 Å². The maximum atomic E-state index is 2.40. The van der Waals surface area contributed by atoms with E-state index in [1.807, 2.05) is 11.3 Å². The van der Waals surface area contributed by atoms with E-state index in [9.17, 15) is 0 Å². The molecule has 9 aromatic carbocycles. The molecule has 0 N–H and O–H groups in total. The maximum absolute atomic E-state index is 2.40. The summed E-state index contributed by atoms with van der Waals surface area (Å²) in [6, 6.07) is 77.2. The van der Waals surface area contributed by atoms with E-state index in [1.165, 1.54) is 75.5 Å². The summed E-state index contributed by atoms with van der Waals surface area (Å²) in [6.07, 6.45) is 0. The quantitative estimate of drug-likeness (QED) is 0.160. The molecule has 0 bridgehead atoms. The Hall–Kier alpha value is -6.74. The van der Waals surface area contributed by atoms with Crippen LogP contribution in [0.15, 0.2) is 212 Å². The Bertz CT molecular complexity index is 2930. The summed E-state index contributed by atoms with van der Waals surface area (Å²) in [5, 5.41) is 5.16. The first kappa shape index (κ1) is 32.0. The molecule has 0 spiro atoms. The summed E-state index contributed by atoms with van der Waals surface area (Å²) in [7, 11) is 0. The van der Waals surface area contributed by atoms with Gasteiger partial charge < -0.3 is 4.90 Å². The molecular weight excluding hydrogens is 671 g/mol. The van der Waals surface area contributed by atoms with Gasteiger partial charge in [0.1, 0.15) is 0 Å². The number of benzene rings is 9. The minimum atomic E-state index is 1.10. The third kappa shape index (κ3) is 5.84. The van der Waals surface area contributed by atoms with Crippen LogP contribution in [-0.2, 0) is 0 Å². The Morgan fingerprint density at radius 2 is 0.889 bits per heavy atom. The third-order valence-electron chi connectivity index (χ3n) is 10.5. The molecule has 0 saturated heterocycles. The minimum Gasteiger partial charge on any atom is -0.310 e. The number of para-hydroxylation sites is 1. The van der Waals surface area contributed by atoms with Gasteiger partial charge in [-0.25, -0.2) is 0 Å². The van der Waals surface area contributed by atoms with E-state index in [0.717, 1.165) is 17.1 Å². The second kappa shape index (κ2) is 13.7. The molecule has 1 heterocycles. The fourth-order valence-electron chi connectivity index (χ4n) is 7.83. The first-order chi connectivity index (χ1) is 26.8. The molecule has 0 fully saturated rings. The summed E-state index contributed by atoms with van der Waals surface area (Å²) in [4.78, 5) is 2.40. The zero-order valence-corrected chi connectivity index (χ0v) is 30.4. The standard InChI is InChI=1S/C52H35NS/c1-2-13-38(14-3-1)47-22-6-8-25-50(47)53(43-30-27-36(28-31-43)41-29-32-52-49(35-41)48-23-7-9-26-51(48)54-52)44-20-11-18-40(34-44)39-17-10-19-42(33-39)46-24-12-16-37-15-4-5-21-45(37)46/h1-35H. The van der Waals surface area contributed by atoms with E-state index >= 15 is 0 Å². The molecule has 1 nitrogen and oxygen atoms in total. The third-order valence-corrected chi connectivity index (χ3v) is 11.6. The van der Waals surface area contributed by atoms with Crippen molar-refractivity contribution in [3.05, 3.63) is 212 Å². The molecule has 0 aliphatic carbocycles. The van der Waals surface area contributed by atoms with Gasteiger partial charge in [-0.2, -0.15) is 0 Å². The van der Waals surface area contributed by atoms with Crippen molar-refractivity contribution in [2.24, 2.45) is 0 Å². The molecule has 254 valence electrons. The van der Waals surface area contributed by atoms with E-state index in [0.29, 0.717) is 0 Å². The van der Waals surface area contributed by atoms with Crippen molar-refractivity contribution in [2.75, 3.05) is 4.90 Å². The highest BCUT2D eigenvalue weighted by atomic mass is 32.1. The van der Waals surface area contributed by atoms with E-state index in [2.05, 4.69) is 217 Å². The van der Waals surface area contributed by atoms with Crippen LogP contribution in [0.2, 0.25) is 0 Å². The minimum absolute atomic E-state index is 1.10. The highest BCUT2D eigenvalue weighted by Crippen LogP contribution is 2.43. The topological polar surface area (TPSA) is 3.24 Å². The van der Waals surface area contributed by atoms with Gasteiger partial charge in [0, 0.05) is 37.1 Å². The van der Waals surface area contributed by atoms with Crippen LogP contribution in [0.5, 0.6) is 0 Å². The highest BCUT2D eigenvalue weighted by molar-refractivity contribution is 7.25. The number of hydrogen-bond acceptors (Lipinski definition) is 2. The number of rotatable bonds is 7. The molecule has 1 aromatic heterocycles. The molecule has 0 amide bonds. The monoisotopic (exact) mass is 705 g/mol. The van der Waals surface area contributed by atoms with Gasteiger partial charge in [-0.1, -0.05) is 158 Å². The fourth-order valence-corrected chi connectivity index (χ4v) is 8.92. The Morgan fingerprint density at radius 3 is 1.78 bits per heavy atom. The molecule has 0 unspecified atom stereocenters. The molecule has 0 radical (unpaired) electrons. The van der Waals surface area contributed by atoms with Crippen LogP contribution in [0.3, 0.4) is 0 Å². The van der Waals surface area contributed by atoms with Crippen molar-refractivity contribution < 1.29 is 0 Å². The number of hydrogen-bond donors (Lipinski definition) is 0. The van der Waals surface area contributed by atoms with Gasteiger partial charge in [-0.15, -0.1) is 11.3 Å². The summed E-state index contributed by atoms with van der Waals surface area (Å²) < 4.78 is 2.65. The lowest BCUT2D eigenvalue weighted by Gasteiger charge is -2.28. The summed E-state index contributed by atoms with van der Waals surface area (Å²) in [5.74, 6) is 0. The average molecular weight is 706 g/mol. The van der Waals surface area contributed by atoms with Crippen LogP contribution in [0.25, 0.3) is 75.5 Å². The molecule has 0 aliphatic rings. The molecular formula is C52H35NS. The molecule has 10 aromatic rings. The lowest BCUT2D eigenvalue weighted by atomic mass is 9.95. The molecule has 0 saturated carbocycles. The van der Waals surface area contributed by atoms with Crippen LogP contribution < -0.4 is 4.90 Å². The van der Waals surface area contributed by atoms with Crippen molar-refractivity contribution in [1.29, 1.82) is 0 Å². The van der Waals surface area contributed by atoms with E-state index in [1.54, 1.807) is 0 Å². The summed E-state index contributed by atoms with van der Waals surface area (Å²) in [5.41, 5.74) is 12.9. The maximum Gasteiger partial charge on any atom is 0.0540 e. The average Bonchev–Trinajstić information content (AvgIpc) is 3.63. The first-order valence-electron chi connectivity index (χ1n) is 18.4. The van der Waals surface area contributed by atoms with Crippen LogP contribution >= 0.6 is 11.3 Å². The Morgan fingerprint density at radius 1 is 0.296 bits per heavy atom. The predicted octanol–water partition coefficient (Wildman–Crippen LogP) is 15.3. The van der Waals surface area contributed by atoms with E-state index < -0.39 is 0 Å². The zero-order chi connectivity index (χ0) is 35.8. The van der Waals surface area contributed by atoms with E-state index in [4.69, 9.17) is 0 Å². The second-order valence-electron chi connectivity index (χ2n) is 13.7. The molecule has 0 aliphatic heterocycles. The van der Waals surface area contributed by atoms with Crippen molar-refractivity contribution in [1.82, 2.24) is 0 Å². The highest BCUT2D eigenvalue weighted by Gasteiger charge is 2.18. The van der Waals surface area contributed by atoms with Gasteiger partial charge >= 0.3 is 0 Å². The van der Waals surface area contributed by atoms with Crippen LogP contribution in [0, 0.1) is 0 Å². The molecule has 2 heteroatoms. The van der Waals surface area contributed by atoms with Gasteiger partial charge in [0.25, 0.3) is 0 Å². The number of thiophene rings is 1. The molecule has 54 heavy (non-hydrogen) atoms. The number of nitrogens with zero attached hydrogens (tertiary/aromatic N) is 1. The van der Waals surface area contributed by atoms with Crippen molar-refractivity contribution in [2.45, 2.75) is 0 Å². The Labute approximate surface area is 319 Å². The van der Waals surface area contributed by atoms with Crippen molar-refractivity contribution in [3.63, 3.8) is 0 Å². The second-order valence-corrected chi connectivity index (χ2v) is 14.8. The SMILES string of the molecule is c1ccc(-c2ccccc2N(c2ccc(-c3ccc4sc5ccccc5c4c3)cc2)c2cccc(-c3cccc(-c4cccc5ccccc45)c3)c2)cc1. The first-order valence-corrected chi connectivity index (χ1v) is 19.2. The summed E-state index contributed by atoms with van der Waals surface area (Å²) >= 11 is 1.86. The van der Waals surface area contributed by atoms with Crippen molar-refractivity contribution in [3.8, 4) is 44.5 Å². The van der Waals surface area contributed by atoms with Gasteiger partial charge in [0.05, 0.1) is 5.69 Å². The number of anilines is 3. The smallest absolute Gasteiger partial charge is 0.0540 e. The van der Waals surface area contributed by atoms with Crippen LogP contribution in [-0.4, -0.2) is 0 Å². The number of fused-ring (bicyclic) bond motifs is 4. The largest absolute Gasteiger partial charge is 0.310 e. The van der Waals surface area contributed by atoms with Gasteiger partial charge in [0.15, 0.2) is 0 Å². The van der Waals surface area contributed by atoms with Gasteiger partial charge in [0.2, 0.25) is 0 Å². The zero-order valence-electron chi connectivity index (χ0n) is 29.6. The van der Waals surface area contributed by atoms with Crippen LogP contribution in [0.4, 0.5) is 17.1 Å². The fraction of sp³-hybridized carbons (Fsp3) is 0. The van der Waals surface area contributed by atoms with Crippen LogP contribution in [0.1, 0.15) is 0 Å². The Balaban J connectivity index is 1.08. The molecule has 10 rings (SSSR count). The summed E-state index contributed by atoms with van der Waals surface area (Å²) in [6.45, 7) is 0. The molecule has 0 atom stereocenters. The van der Waals surface area contributed by atoms with E-state index in [-0.39, 0.29) is 0 Å². The van der Waals surface area contributed by atoms with Gasteiger partial charge in [-0.05, 0) is 104 Å².